The maximum absolute atomic E-state index is 6.47. The molecule has 2 nitrogen and oxygen atoms in total. The number of thiophene rings is 2. The van der Waals surface area contributed by atoms with Crippen molar-refractivity contribution in [3.8, 4) is 33.4 Å². The van der Waals surface area contributed by atoms with Gasteiger partial charge in [0, 0.05) is 79.3 Å². The molecule has 62 heavy (non-hydrogen) atoms. The molecule has 0 fully saturated rings. The summed E-state index contributed by atoms with van der Waals surface area (Å²) < 4.78 is 11.8. The molecule has 0 unspecified atom stereocenters. The SMILES string of the molecule is CCc1cc(N(c2ccc(-c3cccc4c3oc3ccccc34)cc2)c2ccc(-c3cccc4c3sc3ccccc34)cc2)ccc1-c1c(CC)ccc2c1sc1ccccc12. The molecule has 4 heteroatoms. The predicted octanol–water partition coefficient (Wildman–Crippen LogP) is 17.9. The topological polar surface area (TPSA) is 16.4 Å². The van der Waals surface area contributed by atoms with E-state index in [2.05, 4.69) is 201 Å². The van der Waals surface area contributed by atoms with Crippen molar-refractivity contribution in [2.24, 2.45) is 0 Å². The maximum atomic E-state index is 6.47. The monoisotopic (exact) mass is 831 g/mol. The molecule has 3 heterocycles. The number of aryl methyl sites for hydroxylation is 2. The molecule has 0 saturated heterocycles. The van der Waals surface area contributed by atoms with E-state index in [1.165, 1.54) is 73.7 Å². The lowest BCUT2D eigenvalue weighted by Gasteiger charge is -2.27. The van der Waals surface area contributed by atoms with Crippen LogP contribution in [0.1, 0.15) is 25.0 Å². The lowest BCUT2D eigenvalue weighted by atomic mass is 9.91. The first kappa shape index (κ1) is 36.8. The van der Waals surface area contributed by atoms with Crippen LogP contribution in [-0.2, 0) is 12.8 Å². The van der Waals surface area contributed by atoms with Gasteiger partial charge in [0.2, 0.25) is 0 Å². The highest BCUT2D eigenvalue weighted by atomic mass is 32.1. The standard InChI is InChI=1S/C58H41NOS2/c1-3-36-27-33-51-48-15-7-10-22-54(48)62-58(51)55(36)43-34-32-42(35-37(43)4-2)59(40-28-23-38(24-29-40)44-16-11-18-49-46-13-5-8-20-52(46)60-56(44)49)41-30-25-39(26-31-41)45-17-12-19-50-47-14-6-9-21-53(47)61-57(45)50/h5-35H,3-4H2,1-2H3. The summed E-state index contributed by atoms with van der Waals surface area (Å²) in [6.45, 7) is 4.57. The van der Waals surface area contributed by atoms with Crippen molar-refractivity contribution in [3.63, 3.8) is 0 Å². The lowest BCUT2D eigenvalue weighted by Crippen LogP contribution is -2.10. The Hall–Kier alpha value is -6.98. The first-order valence-electron chi connectivity index (χ1n) is 21.5. The Morgan fingerprint density at radius 3 is 1.65 bits per heavy atom. The number of hydrogen-bond acceptors (Lipinski definition) is 4. The Morgan fingerprint density at radius 2 is 0.952 bits per heavy atom. The van der Waals surface area contributed by atoms with Crippen LogP contribution in [0.2, 0.25) is 0 Å². The average Bonchev–Trinajstić information content (AvgIpc) is 4.03. The quantitative estimate of drug-likeness (QED) is 0.152. The fourth-order valence-electron chi connectivity index (χ4n) is 9.65. The molecule has 0 aliphatic rings. The van der Waals surface area contributed by atoms with Crippen molar-refractivity contribution in [3.05, 3.63) is 199 Å². The number of hydrogen-bond donors (Lipinski definition) is 0. The van der Waals surface area contributed by atoms with Gasteiger partial charge in [-0.3, -0.25) is 0 Å². The van der Waals surface area contributed by atoms with Gasteiger partial charge in [0.05, 0.1) is 0 Å². The molecule has 0 bridgehead atoms. The highest BCUT2D eigenvalue weighted by molar-refractivity contribution is 7.26. The number of anilines is 3. The molecular weight excluding hydrogens is 791 g/mol. The number of para-hydroxylation sites is 2. The summed E-state index contributed by atoms with van der Waals surface area (Å²) in [5, 5.41) is 7.60. The molecule has 12 aromatic rings. The van der Waals surface area contributed by atoms with E-state index < -0.39 is 0 Å². The summed E-state index contributed by atoms with van der Waals surface area (Å²) in [7, 11) is 0. The molecule has 0 N–H and O–H groups in total. The largest absolute Gasteiger partial charge is 0.455 e. The van der Waals surface area contributed by atoms with E-state index in [0.717, 1.165) is 63.0 Å². The summed E-state index contributed by atoms with van der Waals surface area (Å²) in [6.07, 6.45) is 1.90. The number of nitrogens with zero attached hydrogens (tertiary/aromatic N) is 1. The van der Waals surface area contributed by atoms with Crippen molar-refractivity contribution >= 4 is 102 Å². The zero-order valence-electron chi connectivity index (χ0n) is 34.5. The van der Waals surface area contributed by atoms with Crippen LogP contribution in [0.15, 0.2) is 192 Å². The van der Waals surface area contributed by atoms with Crippen LogP contribution in [-0.4, -0.2) is 0 Å². The van der Waals surface area contributed by atoms with E-state index in [1.807, 2.05) is 28.7 Å². The molecular formula is C58H41NOS2. The van der Waals surface area contributed by atoms with Gasteiger partial charge in [0.15, 0.2) is 0 Å². The fraction of sp³-hybridized carbons (Fsp3) is 0.0690. The highest BCUT2D eigenvalue weighted by Crippen LogP contribution is 2.46. The zero-order valence-corrected chi connectivity index (χ0v) is 36.1. The normalized spacial score (nSPS) is 11.8. The van der Waals surface area contributed by atoms with Crippen LogP contribution in [0.4, 0.5) is 17.1 Å². The second kappa shape index (κ2) is 14.9. The van der Waals surface area contributed by atoms with Crippen molar-refractivity contribution in [1.29, 1.82) is 0 Å². The van der Waals surface area contributed by atoms with E-state index in [0.29, 0.717) is 0 Å². The number of furan rings is 1. The van der Waals surface area contributed by atoms with Gasteiger partial charge in [-0.1, -0.05) is 147 Å². The van der Waals surface area contributed by atoms with Gasteiger partial charge in [0.25, 0.3) is 0 Å². The molecule has 0 spiro atoms. The Labute approximate surface area is 368 Å². The smallest absolute Gasteiger partial charge is 0.143 e. The summed E-state index contributed by atoms with van der Waals surface area (Å²) in [4.78, 5) is 2.42. The minimum Gasteiger partial charge on any atom is -0.455 e. The number of benzene rings is 9. The number of rotatable bonds is 8. The van der Waals surface area contributed by atoms with Crippen LogP contribution in [0.3, 0.4) is 0 Å². The van der Waals surface area contributed by atoms with E-state index in [9.17, 15) is 0 Å². The zero-order chi connectivity index (χ0) is 41.3. The Balaban J connectivity index is 0.996. The van der Waals surface area contributed by atoms with E-state index in [4.69, 9.17) is 4.42 Å². The van der Waals surface area contributed by atoms with Gasteiger partial charge in [-0.2, -0.15) is 0 Å². The second-order valence-corrected chi connectivity index (χ2v) is 18.2. The Kier molecular flexibility index (Phi) is 8.84. The average molecular weight is 832 g/mol. The van der Waals surface area contributed by atoms with Gasteiger partial charge < -0.3 is 9.32 Å². The van der Waals surface area contributed by atoms with E-state index in [1.54, 1.807) is 0 Å². The van der Waals surface area contributed by atoms with E-state index in [-0.39, 0.29) is 0 Å². The van der Waals surface area contributed by atoms with Gasteiger partial charge in [-0.05, 0) is 101 Å². The van der Waals surface area contributed by atoms with E-state index >= 15 is 0 Å². The Morgan fingerprint density at radius 1 is 0.403 bits per heavy atom. The molecule has 12 rings (SSSR count). The number of fused-ring (bicyclic) bond motifs is 9. The molecule has 296 valence electrons. The van der Waals surface area contributed by atoms with Crippen LogP contribution in [0.5, 0.6) is 0 Å². The molecule has 0 aliphatic carbocycles. The van der Waals surface area contributed by atoms with Gasteiger partial charge in [-0.15, -0.1) is 22.7 Å². The molecule has 0 saturated carbocycles. The minimum atomic E-state index is 0.912. The van der Waals surface area contributed by atoms with Crippen LogP contribution in [0, 0.1) is 0 Å². The van der Waals surface area contributed by atoms with Gasteiger partial charge in [0.1, 0.15) is 11.2 Å². The third-order valence-electron chi connectivity index (χ3n) is 12.7. The van der Waals surface area contributed by atoms with Crippen molar-refractivity contribution < 1.29 is 4.42 Å². The summed E-state index contributed by atoms with van der Waals surface area (Å²) >= 11 is 3.80. The third kappa shape index (κ3) is 5.89. The Bertz CT molecular complexity index is 3500. The summed E-state index contributed by atoms with van der Waals surface area (Å²) in [6, 6.07) is 69.1. The molecule has 9 aromatic carbocycles. The second-order valence-electron chi connectivity index (χ2n) is 16.1. The van der Waals surface area contributed by atoms with Crippen LogP contribution < -0.4 is 4.90 Å². The fourth-order valence-corrected chi connectivity index (χ4v) is 12.2. The molecule has 0 amide bonds. The van der Waals surface area contributed by atoms with Crippen molar-refractivity contribution in [2.45, 2.75) is 26.7 Å². The molecule has 0 atom stereocenters. The van der Waals surface area contributed by atoms with Crippen LogP contribution >= 0.6 is 22.7 Å². The maximum Gasteiger partial charge on any atom is 0.143 e. The lowest BCUT2D eigenvalue weighted by molar-refractivity contribution is 0.670. The molecule has 3 aromatic heterocycles. The molecule has 0 radical (unpaired) electrons. The third-order valence-corrected chi connectivity index (χ3v) is 15.1. The summed E-state index contributed by atoms with van der Waals surface area (Å²) in [5.74, 6) is 0. The molecule has 0 aliphatic heterocycles. The first-order valence-corrected chi connectivity index (χ1v) is 23.2. The highest BCUT2D eigenvalue weighted by Gasteiger charge is 2.21. The predicted molar refractivity (Wildman–Crippen MR) is 269 cm³/mol. The van der Waals surface area contributed by atoms with Crippen molar-refractivity contribution in [2.75, 3.05) is 4.90 Å². The first-order chi connectivity index (χ1) is 30.6. The minimum absolute atomic E-state index is 0.912. The van der Waals surface area contributed by atoms with Gasteiger partial charge >= 0.3 is 0 Å². The van der Waals surface area contributed by atoms with Gasteiger partial charge in [-0.25, -0.2) is 0 Å². The van der Waals surface area contributed by atoms with Crippen molar-refractivity contribution in [1.82, 2.24) is 0 Å². The van der Waals surface area contributed by atoms with Crippen LogP contribution in [0.25, 0.3) is 95.7 Å². The summed E-state index contributed by atoms with van der Waals surface area (Å²) in [5.41, 5.74) is 15.3.